The lowest BCUT2D eigenvalue weighted by atomic mass is 9.97. The van der Waals surface area contributed by atoms with Crippen LogP contribution < -0.4 is 5.56 Å². The number of H-pyrrole nitrogens is 1. The molecule has 0 fully saturated rings. The number of benzene rings is 1. The lowest BCUT2D eigenvalue weighted by Gasteiger charge is -2.17. The van der Waals surface area contributed by atoms with Gasteiger partial charge in [0, 0.05) is 23.9 Å². The molecule has 31 heavy (non-hydrogen) atoms. The fourth-order valence-corrected chi connectivity index (χ4v) is 3.99. The third-order valence-electron chi connectivity index (χ3n) is 5.72. The standard InChI is InChI=1S/C25H33N5O/c1-5-6-7-8-9-14-29(4)17-19-10-12-20(13-11-19)23-22(18(2)3)25(31)30-24(28-23)21(15-26)16-27-30/h10-13,16,18,27H,5-9,14,17H2,1-4H3. The summed E-state index contributed by atoms with van der Waals surface area (Å²) in [6, 6.07) is 10.4. The molecule has 6 heteroatoms. The summed E-state index contributed by atoms with van der Waals surface area (Å²) in [5.41, 5.74) is 4.04. The van der Waals surface area contributed by atoms with Gasteiger partial charge in [0.25, 0.3) is 5.56 Å². The molecule has 6 nitrogen and oxygen atoms in total. The van der Waals surface area contributed by atoms with E-state index >= 15 is 0 Å². The van der Waals surface area contributed by atoms with E-state index < -0.39 is 0 Å². The van der Waals surface area contributed by atoms with E-state index in [9.17, 15) is 10.1 Å². The zero-order valence-corrected chi connectivity index (χ0v) is 19.1. The first-order chi connectivity index (χ1) is 15.0. The Kier molecular flexibility index (Phi) is 7.64. The van der Waals surface area contributed by atoms with Crippen LogP contribution in [0.4, 0.5) is 0 Å². The van der Waals surface area contributed by atoms with Crippen LogP contribution >= 0.6 is 0 Å². The lowest BCUT2D eigenvalue weighted by Crippen LogP contribution is -2.22. The van der Waals surface area contributed by atoms with Gasteiger partial charge in [0.1, 0.15) is 11.6 Å². The molecule has 0 bridgehead atoms. The maximum absolute atomic E-state index is 13.0. The molecule has 3 rings (SSSR count). The summed E-state index contributed by atoms with van der Waals surface area (Å²) >= 11 is 0. The highest BCUT2D eigenvalue weighted by molar-refractivity contribution is 5.68. The molecule has 2 heterocycles. The van der Waals surface area contributed by atoms with E-state index in [-0.39, 0.29) is 11.5 Å². The van der Waals surface area contributed by atoms with Crippen LogP contribution in [0.25, 0.3) is 16.9 Å². The molecule has 0 atom stereocenters. The smallest absolute Gasteiger partial charge is 0.276 e. The minimum Gasteiger partial charge on any atom is -0.302 e. The molecule has 3 aromatic rings. The highest BCUT2D eigenvalue weighted by Crippen LogP contribution is 2.26. The molecular formula is C25H33N5O. The number of aromatic nitrogens is 3. The molecule has 0 unspecified atom stereocenters. The highest BCUT2D eigenvalue weighted by atomic mass is 16.1. The predicted octanol–water partition coefficient (Wildman–Crippen LogP) is 5.09. The summed E-state index contributed by atoms with van der Waals surface area (Å²) in [7, 11) is 2.16. The van der Waals surface area contributed by atoms with Crippen molar-refractivity contribution >= 4 is 5.65 Å². The van der Waals surface area contributed by atoms with Gasteiger partial charge in [-0.05, 0) is 31.5 Å². The number of unbranched alkanes of at least 4 members (excludes halogenated alkanes) is 4. The first kappa shape index (κ1) is 22.8. The normalized spacial score (nSPS) is 11.5. The SMILES string of the molecule is CCCCCCCN(C)Cc1ccc(-c2nc3c(C#N)c[nH]n3c(=O)c2C(C)C)cc1. The van der Waals surface area contributed by atoms with Crippen LogP contribution in [-0.2, 0) is 6.54 Å². The fraction of sp³-hybridized carbons (Fsp3) is 0.480. The first-order valence-corrected chi connectivity index (χ1v) is 11.3. The lowest BCUT2D eigenvalue weighted by molar-refractivity contribution is 0.316. The Morgan fingerprint density at radius 1 is 1.16 bits per heavy atom. The molecule has 1 N–H and O–H groups in total. The second-order valence-electron chi connectivity index (χ2n) is 8.64. The summed E-state index contributed by atoms with van der Waals surface area (Å²) in [5.74, 6) is 0.0132. The highest BCUT2D eigenvalue weighted by Gasteiger charge is 2.19. The number of nitrogens with one attached hydrogen (secondary N) is 1. The Labute approximate surface area is 184 Å². The Hall–Kier alpha value is -2.91. The molecule has 0 amide bonds. The number of aromatic amines is 1. The monoisotopic (exact) mass is 419 g/mol. The average Bonchev–Trinajstić information content (AvgIpc) is 3.17. The molecule has 1 aromatic carbocycles. The summed E-state index contributed by atoms with van der Waals surface area (Å²) in [5, 5.41) is 12.2. The number of hydrogen-bond donors (Lipinski definition) is 1. The van der Waals surface area contributed by atoms with E-state index in [0.29, 0.717) is 22.5 Å². The van der Waals surface area contributed by atoms with E-state index in [2.05, 4.69) is 42.2 Å². The van der Waals surface area contributed by atoms with Crippen molar-refractivity contribution in [3.8, 4) is 17.3 Å². The van der Waals surface area contributed by atoms with Crippen molar-refractivity contribution in [3.63, 3.8) is 0 Å². The molecular weight excluding hydrogens is 386 g/mol. The minimum absolute atomic E-state index is 0.0132. The number of rotatable bonds is 10. The van der Waals surface area contributed by atoms with Crippen LogP contribution in [-0.4, -0.2) is 33.1 Å². The predicted molar refractivity (Wildman–Crippen MR) is 125 cm³/mol. The van der Waals surface area contributed by atoms with Gasteiger partial charge in [0.2, 0.25) is 0 Å². The van der Waals surface area contributed by atoms with Gasteiger partial charge in [0.05, 0.1) is 5.69 Å². The van der Waals surface area contributed by atoms with Crippen molar-refractivity contribution in [1.29, 1.82) is 5.26 Å². The second-order valence-corrected chi connectivity index (χ2v) is 8.64. The largest absolute Gasteiger partial charge is 0.302 e. The molecule has 0 aliphatic rings. The number of nitrogens with zero attached hydrogens (tertiary/aromatic N) is 4. The summed E-state index contributed by atoms with van der Waals surface area (Å²) in [4.78, 5) is 20.1. The summed E-state index contributed by atoms with van der Waals surface area (Å²) in [6.07, 6.45) is 7.98. The van der Waals surface area contributed by atoms with Crippen LogP contribution in [0.15, 0.2) is 35.3 Å². The van der Waals surface area contributed by atoms with E-state index in [1.807, 2.05) is 26.0 Å². The zero-order chi connectivity index (χ0) is 22.4. The number of nitriles is 1. The van der Waals surface area contributed by atoms with E-state index in [1.54, 1.807) is 0 Å². The fourth-order valence-electron chi connectivity index (χ4n) is 3.99. The third kappa shape index (κ3) is 5.23. The van der Waals surface area contributed by atoms with Crippen LogP contribution in [0.1, 0.15) is 75.5 Å². The van der Waals surface area contributed by atoms with E-state index in [0.717, 1.165) is 18.7 Å². The first-order valence-electron chi connectivity index (χ1n) is 11.3. The zero-order valence-electron chi connectivity index (χ0n) is 19.1. The van der Waals surface area contributed by atoms with Gasteiger partial charge >= 0.3 is 0 Å². The van der Waals surface area contributed by atoms with Crippen LogP contribution in [0, 0.1) is 11.3 Å². The van der Waals surface area contributed by atoms with Crippen LogP contribution in [0.3, 0.4) is 0 Å². The number of hydrogen-bond acceptors (Lipinski definition) is 4. The van der Waals surface area contributed by atoms with Crippen LogP contribution in [0.5, 0.6) is 0 Å². The van der Waals surface area contributed by atoms with E-state index in [4.69, 9.17) is 4.98 Å². The van der Waals surface area contributed by atoms with E-state index in [1.165, 1.54) is 48.4 Å². The summed E-state index contributed by atoms with van der Waals surface area (Å²) in [6.45, 7) is 8.22. The molecule has 164 valence electrons. The van der Waals surface area contributed by atoms with Gasteiger partial charge in [-0.1, -0.05) is 70.7 Å². The number of fused-ring (bicyclic) bond motifs is 1. The minimum atomic E-state index is -0.150. The van der Waals surface area contributed by atoms with Crippen LogP contribution in [0.2, 0.25) is 0 Å². The summed E-state index contributed by atoms with van der Waals surface area (Å²) < 4.78 is 1.36. The molecule has 0 spiro atoms. The van der Waals surface area contributed by atoms with Gasteiger partial charge < -0.3 is 4.90 Å². The molecule has 0 saturated carbocycles. The Balaban J connectivity index is 1.81. The van der Waals surface area contributed by atoms with Crippen molar-refractivity contribution in [3.05, 3.63) is 57.5 Å². The average molecular weight is 420 g/mol. The van der Waals surface area contributed by atoms with Gasteiger partial charge in [-0.3, -0.25) is 9.89 Å². The van der Waals surface area contributed by atoms with Gasteiger partial charge in [-0.25, -0.2) is 9.50 Å². The maximum Gasteiger partial charge on any atom is 0.276 e. The Morgan fingerprint density at radius 3 is 2.52 bits per heavy atom. The topological polar surface area (TPSA) is 77.2 Å². The molecule has 0 radical (unpaired) electrons. The molecule has 0 aliphatic heterocycles. The quantitative estimate of drug-likeness (QED) is 0.465. The third-order valence-corrected chi connectivity index (χ3v) is 5.72. The van der Waals surface area contributed by atoms with Crippen molar-refractivity contribution in [2.75, 3.05) is 13.6 Å². The van der Waals surface area contributed by atoms with Crippen molar-refractivity contribution in [2.45, 2.75) is 65.3 Å². The maximum atomic E-state index is 13.0. The Morgan fingerprint density at radius 2 is 1.87 bits per heavy atom. The molecule has 2 aromatic heterocycles. The Bertz CT molecular complexity index is 1100. The van der Waals surface area contributed by atoms with Gasteiger partial charge in [-0.15, -0.1) is 0 Å². The van der Waals surface area contributed by atoms with Crippen molar-refractivity contribution < 1.29 is 0 Å². The second kappa shape index (κ2) is 10.4. The van der Waals surface area contributed by atoms with Gasteiger partial charge in [-0.2, -0.15) is 5.26 Å². The molecule has 0 saturated heterocycles. The van der Waals surface area contributed by atoms with Crippen molar-refractivity contribution in [2.24, 2.45) is 0 Å². The van der Waals surface area contributed by atoms with Crippen molar-refractivity contribution in [1.82, 2.24) is 19.5 Å². The molecule has 0 aliphatic carbocycles. The van der Waals surface area contributed by atoms with Gasteiger partial charge in [0.15, 0.2) is 5.65 Å².